The Morgan fingerprint density at radius 1 is 1.28 bits per heavy atom. The molecule has 4 nitrogen and oxygen atoms in total. The third kappa shape index (κ3) is 4.25. The Kier molecular flexibility index (Phi) is 6.64. The molecule has 0 aromatic heterocycles. The van der Waals surface area contributed by atoms with E-state index >= 15 is 0 Å². The van der Waals surface area contributed by atoms with Gasteiger partial charge in [0.15, 0.2) is 11.6 Å². The van der Waals surface area contributed by atoms with Crippen molar-refractivity contribution in [2.45, 2.75) is 6.54 Å². The number of hydrogen-bond donors (Lipinski definition) is 1. The Labute approximate surface area is 107 Å². The van der Waals surface area contributed by atoms with E-state index in [0.717, 1.165) is 0 Å². The molecule has 0 heterocycles. The smallest absolute Gasteiger partial charge is 0.169 e. The number of benzene rings is 1. The van der Waals surface area contributed by atoms with Crippen molar-refractivity contribution >= 4 is 0 Å². The number of aliphatic hydroxyl groups is 1. The molecule has 1 aromatic carbocycles. The van der Waals surface area contributed by atoms with Gasteiger partial charge in [0.2, 0.25) is 0 Å². The highest BCUT2D eigenvalue weighted by Gasteiger charge is 2.12. The Morgan fingerprint density at radius 2 is 2.06 bits per heavy atom. The first-order valence-electron chi connectivity index (χ1n) is 5.86. The van der Waals surface area contributed by atoms with E-state index in [9.17, 15) is 4.39 Å². The number of nitrogens with zero attached hydrogens (tertiary/aromatic N) is 1. The van der Waals surface area contributed by atoms with E-state index in [1.165, 1.54) is 7.11 Å². The van der Waals surface area contributed by atoms with Crippen LogP contribution >= 0.6 is 0 Å². The number of methoxy groups -OCH3 is 2. The fourth-order valence-corrected chi connectivity index (χ4v) is 1.71. The van der Waals surface area contributed by atoms with Gasteiger partial charge in [0.1, 0.15) is 0 Å². The van der Waals surface area contributed by atoms with Crippen LogP contribution in [0.2, 0.25) is 0 Å². The second kappa shape index (κ2) is 8.02. The van der Waals surface area contributed by atoms with Crippen molar-refractivity contribution in [3.05, 3.63) is 29.6 Å². The number of aliphatic hydroxyl groups excluding tert-OH is 1. The van der Waals surface area contributed by atoms with Gasteiger partial charge in [-0.1, -0.05) is 12.1 Å². The van der Waals surface area contributed by atoms with Crippen molar-refractivity contribution in [1.29, 1.82) is 0 Å². The van der Waals surface area contributed by atoms with Crippen molar-refractivity contribution in [1.82, 2.24) is 4.90 Å². The fourth-order valence-electron chi connectivity index (χ4n) is 1.71. The van der Waals surface area contributed by atoms with Gasteiger partial charge in [-0.15, -0.1) is 0 Å². The molecule has 0 aliphatic heterocycles. The first-order valence-corrected chi connectivity index (χ1v) is 5.86. The summed E-state index contributed by atoms with van der Waals surface area (Å²) in [6, 6.07) is 5.06. The van der Waals surface area contributed by atoms with Gasteiger partial charge in [-0.25, -0.2) is 4.39 Å². The van der Waals surface area contributed by atoms with Gasteiger partial charge < -0.3 is 14.6 Å². The van der Waals surface area contributed by atoms with Gasteiger partial charge in [0.25, 0.3) is 0 Å². The van der Waals surface area contributed by atoms with Crippen LogP contribution < -0.4 is 4.74 Å². The summed E-state index contributed by atoms with van der Waals surface area (Å²) in [7, 11) is 3.06. The van der Waals surface area contributed by atoms with E-state index < -0.39 is 0 Å². The maximum absolute atomic E-state index is 14.0. The minimum absolute atomic E-state index is 0.0370. The molecule has 0 aliphatic carbocycles. The standard InChI is InChI=1S/C13H20FNO3/c1-17-9-7-15(6-8-16)10-11-4-3-5-12(18-2)13(11)14/h3-5,16H,6-10H2,1-2H3. The minimum Gasteiger partial charge on any atom is -0.494 e. The summed E-state index contributed by atoms with van der Waals surface area (Å²) in [6.07, 6.45) is 0. The lowest BCUT2D eigenvalue weighted by atomic mass is 10.2. The summed E-state index contributed by atoms with van der Waals surface area (Å²) >= 11 is 0. The van der Waals surface area contributed by atoms with Gasteiger partial charge in [0, 0.05) is 32.3 Å². The molecule has 0 aliphatic rings. The second-order valence-electron chi connectivity index (χ2n) is 3.93. The van der Waals surface area contributed by atoms with E-state index in [1.54, 1.807) is 25.3 Å². The molecule has 0 unspecified atom stereocenters. The number of rotatable bonds is 8. The summed E-state index contributed by atoms with van der Waals surface area (Å²) in [5, 5.41) is 8.98. The zero-order chi connectivity index (χ0) is 13.4. The second-order valence-corrected chi connectivity index (χ2v) is 3.93. The molecule has 0 saturated carbocycles. The minimum atomic E-state index is -0.347. The molecule has 1 aromatic rings. The van der Waals surface area contributed by atoms with Crippen LogP contribution in [0.4, 0.5) is 4.39 Å². The molecular formula is C13H20FNO3. The normalized spacial score (nSPS) is 10.9. The maximum atomic E-state index is 14.0. The molecule has 0 radical (unpaired) electrons. The van der Waals surface area contributed by atoms with Crippen LogP contribution in [-0.4, -0.2) is 50.5 Å². The van der Waals surface area contributed by atoms with Crippen molar-refractivity contribution in [3.63, 3.8) is 0 Å². The average molecular weight is 257 g/mol. The summed E-state index contributed by atoms with van der Waals surface area (Å²) in [4.78, 5) is 1.93. The highest BCUT2D eigenvalue weighted by Crippen LogP contribution is 2.21. The van der Waals surface area contributed by atoms with Crippen LogP contribution in [0.15, 0.2) is 18.2 Å². The molecule has 0 amide bonds. The van der Waals surface area contributed by atoms with E-state index in [1.807, 2.05) is 4.90 Å². The van der Waals surface area contributed by atoms with E-state index in [2.05, 4.69) is 0 Å². The van der Waals surface area contributed by atoms with Crippen LogP contribution in [0, 0.1) is 5.82 Å². The molecule has 18 heavy (non-hydrogen) atoms. The molecule has 0 fully saturated rings. The van der Waals surface area contributed by atoms with E-state index in [0.29, 0.717) is 31.8 Å². The molecule has 0 saturated heterocycles. The van der Waals surface area contributed by atoms with Gasteiger partial charge in [-0.2, -0.15) is 0 Å². The van der Waals surface area contributed by atoms with Gasteiger partial charge in [-0.3, -0.25) is 4.90 Å². The zero-order valence-electron chi connectivity index (χ0n) is 10.9. The molecule has 0 bridgehead atoms. The third-order valence-electron chi connectivity index (χ3n) is 2.68. The summed E-state index contributed by atoms with van der Waals surface area (Å²) in [5.41, 5.74) is 0.555. The predicted molar refractivity (Wildman–Crippen MR) is 67.2 cm³/mol. The van der Waals surface area contributed by atoms with Crippen LogP contribution in [0.5, 0.6) is 5.75 Å². The largest absolute Gasteiger partial charge is 0.494 e. The Hall–Kier alpha value is -1.17. The number of hydrogen-bond acceptors (Lipinski definition) is 4. The van der Waals surface area contributed by atoms with Gasteiger partial charge in [-0.05, 0) is 6.07 Å². The molecule has 1 rings (SSSR count). The molecule has 102 valence electrons. The summed E-state index contributed by atoms with van der Waals surface area (Å²) in [5.74, 6) is -0.108. The fraction of sp³-hybridized carbons (Fsp3) is 0.538. The molecule has 1 N–H and O–H groups in total. The highest BCUT2D eigenvalue weighted by molar-refractivity contribution is 5.30. The van der Waals surface area contributed by atoms with Crippen LogP contribution in [0.3, 0.4) is 0 Å². The van der Waals surface area contributed by atoms with Crippen molar-refractivity contribution in [3.8, 4) is 5.75 Å². The average Bonchev–Trinajstić information content (AvgIpc) is 2.38. The van der Waals surface area contributed by atoms with Gasteiger partial charge >= 0.3 is 0 Å². The van der Waals surface area contributed by atoms with Crippen LogP contribution in [0.25, 0.3) is 0 Å². The third-order valence-corrected chi connectivity index (χ3v) is 2.68. The Morgan fingerprint density at radius 3 is 2.67 bits per heavy atom. The number of halogens is 1. The molecule has 5 heteroatoms. The van der Waals surface area contributed by atoms with E-state index in [4.69, 9.17) is 14.6 Å². The molecular weight excluding hydrogens is 237 g/mol. The lowest BCUT2D eigenvalue weighted by Crippen LogP contribution is -2.30. The highest BCUT2D eigenvalue weighted by atomic mass is 19.1. The number of ether oxygens (including phenoxy) is 2. The predicted octanol–water partition coefficient (Wildman–Crippen LogP) is 1.27. The first-order chi connectivity index (χ1) is 8.72. The zero-order valence-corrected chi connectivity index (χ0v) is 10.9. The topological polar surface area (TPSA) is 41.9 Å². The lowest BCUT2D eigenvalue weighted by molar-refractivity contribution is 0.126. The van der Waals surface area contributed by atoms with E-state index in [-0.39, 0.29) is 18.2 Å². The Balaban J connectivity index is 2.73. The van der Waals surface area contributed by atoms with Gasteiger partial charge in [0.05, 0.1) is 20.3 Å². The van der Waals surface area contributed by atoms with Crippen molar-refractivity contribution in [2.24, 2.45) is 0 Å². The van der Waals surface area contributed by atoms with Crippen molar-refractivity contribution in [2.75, 3.05) is 40.5 Å². The summed E-state index contributed by atoms with van der Waals surface area (Å²) < 4.78 is 23.9. The Bertz CT molecular complexity index is 360. The SMILES string of the molecule is COCCN(CCO)Cc1cccc(OC)c1F. The van der Waals surface area contributed by atoms with Crippen molar-refractivity contribution < 1.29 is 19.0 Å². The van der Waals surface area contributed by atoms with Crippen LogP contribution in [-0.2, 0) is 11.3 Å². The lowest BCUT2D eigenvalue weighted by Gasteiger charge is -2.21. The monoisotopic (exact) mass is 257 g/mol. The molecule has 0 atom stereocenters. The maximum Gasteiger partial charge on any atom is 0.169 e. The van der Waals surface area contributed by atoms with Crippen LogP contribution in [0.1, 0.15) is 5.56 Å². The molecule has 0 spiro atoms. The quantitative estimate of drug-likeness (QED) is 0.761. The first kappa shape index (κ1) is 14.9. The summed E-state index contributed by atoms with van der Waals surface area (Å²) in [6.45, 7) is 2.14.